The first-order valence-corrected chi connectivity index (χ1v) is 5.55. The lowest BCUT2D eigenvalue weighted by atomic mass is 10.5. The molecule has 1 amide bonds. The zero-order chi connectivity index (χ0) is 11.3. The van der Waals surface area contributed by atoms with E-state index in [0.717, 1.165) is 0 Å². The van der Waals surface area contributed by atoms with Crippen molar-refractivity contribution >= 4 is 17.2 Å². The number of rotatable bonds is 6. The zero-order valence-corrected chi connectivity index (χ0v) is 9.54. The van der Waals surface area contributed by atoms with Gasteiger partial charge >= 0.3 is 0 Å². The smallest absolute Gasteiger partial charge is 0.268 e. The number of ether oxygens (including phenoxy) is 2. The van der Waals surface area contributed by atoms with E-state index < -0.39 is 12.2 Å². The van der Waals surface area contributed by atoms with Gasteiger partial charge in [0.2, 0.25) is 6.29 Å². The lowest BCUT2D eigenvalue weighted by Gasteiger charge is -2.13. The standard InChI is InChI=1S/C9H14N2O3S/c1-3-13-9(14-4-2)8-11-6(5-15-8)7(10)12/h5,9H,3-4H2,1-2H3,(H2,10,12). The minimum Gasteiger partial charge on any atom is -0.364 e. The van der Waals surface area contributed by atoms with Crippen LogP contribution in [-0.2, 0) is 9.47 Å². The van der Waals surface area contributed by atoms with Gasteiger partial charge in [0.15, 0.2) is 0 Å². The summed E-state index contributed by atoms with van der Waals surface area (Å²) in [4.78, 5) is 14.9. The highest BCUT2D eigenvalue weighted by Crippen LogP contribution is 2.22. The van der Waals surface area contributed by atoms with E-state index >= 15 is 0 Å². The molecule has 0 saturated heterocycles. The third-order valence-electron chi connectivity index (χ3n) is 1.61. The van der Waals surface area contributed by atoms with Crippen LogP contribution in [0, 0.1) is 0 Å². The quantitative estimate of drug-likeness (QED) is 0.748. The molecule has 0 radical (unpaired) electrons. The van der Waals surface area contributed by atoms with Crippen LogP contribution in [0.3, 0.4) is 0 Å². The van der Waals surface area contributed by atoms with E-state index in [1.807, 2.05) is 13.8 Å². The Labute approximate surface area is 92.2 Å². The lowest BCUT2D eigenvalue weighted by molar-refractivity contribution is -0.140. The Balaban J connectivity index is 2.76. The van der Waals surface area contributed by atoms with E-state index in [4.69, 9.17) is 15.2 Å². The number of carbonyl (C=O) groups excluding carboxylic acids is 1. The van der Waals surface area contributed by atoms with Crippen molar-refractivity contribution in [1.82, 2.24) is 4.98 Å². The van der Waals surface area contributed by atoms with Gasteiger partial charge in [-0.15, -0.1) is 11.3 Å². The number of hydrogen-bond donors (Lipinski definition) is 1. The molecule has 1 aromatic rings. The van der Waals surface area contributed by atoms with Crippen LogP contribution in [0.1, 0.15) is 35.6 Å². The molecule has 0 unspecified atom stereocenters. The Hall–Kier alpha value is -0.980. The number of primary amides is 1. The van der Waals surface area contributed by atoms with Gasteiger partial charge in [-0.1, -0.05) is 0 Å². The molecule has 1 rings (SSSR count). The second-order valence-corrected chi connectivity index (χ2v) is 3.57. The molecule has 0 aliphatic carbocycles. The molecule has 0 aliphatic heterocycles. The summed E-state index contributed by atoms with van der Waals surface area (Å²) in [6.45, 7) is 4.79. The van der Waals surface area contributed by atoms with Gasteiger partial charge in [-0.25, -0.2) is 4.98 Å². The van der Waals surface area contributed by atoms with Gasteiger partial charge in [0, 0.05) is 18.6 Å². The van der Waals surface area contributed by atoms with Crippen LogP contribution in [0.5, 0.6) is 0 Å². The fourth-order valence-corrected chi connectivity index (χ4v) is 1.80. The molecule has 0 aliphatic rings. The van der Waals surface area contributed by atoms with Crippen molar-refractivity contribution < 1.29 is 14.3 Å². The maximum atomic E-state index is 10.8. The summed E-state index contributed by atoms with van der Waals surface area (Å²) in [6, 6.07) is 0. The third kappa shape index (κ3) is 3.26. The maximum absolute atomic E-state index is 10.8. The molecule has 0 fully saturated rings. The van der Waals surface area contributed by atoms with Crippen molar-refractivity contribution in [3.8, 4) is 0 Å². The van der Waals surface area contributed by atoms with Gasteiger partial charge in [0.1, 0.15) is 10.7 Å². The predicted molar refractivity (Wildman–Crippen MR) is 56.6 cm³/mol. The molecule has 1 heterocycles. The Morgan fingerprint density at radius 1 is 1.53 bits per heavy atom. The summed E-state index contributed by atoms with van der Waals surface area (Å²) >= 11 is 1.30. The van der Waals surface area contributed by atoms with Crippen molar-refractivity contribution in [2.24, 2.45) is 5.73 Å². The fourth-order valence-electron chi connectivity index (χ4n) is 1.00. The largest absolute Gasteiger partial charge is 0.364 e. The molecule has 0 atom stereocenters. The minimum atomic E-state index is -0.538. The zero-order valence-electron chi connectivity index (χ0n) is 8.73. The molecule has 2 N–H and O–H groups in total. The summed E-state index contributed by atoms with van der Waals surface area (Å²) in [6.07, 6.45) is -0.502. The molecule has 6 heteroatoms. The van der Waals surface area contributed by atoms with Crippen molar-refractivity contribution in [2.45, 2.75) is 20.1 Å². The van der Waals surface area contributed by atoms with Gasteiger partial charge in [0.05, 0.1) is 0 Å². The lowest BCUT2D eigenvalue weighted by Crippen LogP contribution is -2.13. The maximum Gasteiger partial charge on any atom is 0.268 e. The van der Waals surface area contributed by atoms with Crippen LogP contribution in [0.15, 0.2) is 5.38 Å². The van der Waals surface area contributed by atoms with Crippen molar-refractivity contribution in [3.05, 3.63) is 16.1 Å². The van der Waals surface area contributed by atoms with Gasteiger partial charge in [-0.3, -0.25) is 4.79 Å². The molecule has 0 spiro atoms. The minimum absolute atomic E-state index is 0.249. The number of hydrogen-bond acceptors (Lipinski definition) is 5. The molecule has 0 aromatic carbocycles. The monoisotopic (exact) mass is 230 g/mol. The van der Waals surface area contributed by atoms with Crippen LogP contribution < -0.4 is 5.73 Å². The summed E-state index contributed by atoms with van der Waals surface area (Å²) in [5.74, 6) is -0.538. The number of nitrogens with zero attached hydrogens (tertiary/aromatic N) is 1. The van der Waals surface area contributed by atoms with E-state index in [-0.39, 0.29) is 5.69 Å². The number of nitrogens with two attached hydrogens (primary N) is 1. The number of thiazole rings is 1. The van der Waals surface area contributed by atoms with Crippen LogP contribution >= 0.6 is 11.3 Å². The van der Waals surface area contributed by atoms with Gasteiger partial charge < -0.3 is 15.2 Å². The van der Waals surface area contributed by atoms with Crippen LogP contribution in [-0.4, -0.2) is 24.1 Å². The average Bonchev–Trinajstić information content (AvgIpc) is 2.66. The van der Waals surface area contributed by atoms with Crippen molar-refractivity contribution in [1.29, 1.82) is 0 Å². The van der Waals surface area contributed by atoms with E-state index in [9.17, 15) is 4.79 Å². The van der Waals surface area contributed by atoms with Crippen molar-refractivity contribution in [2.75, 3.05) is 13.2 Å². The summed E-state index contributed by atoms with van der Waals surface area (Å²) in [5, 5.41) is 2.22. The third-order valence-corrected chi connectivity index (χ3v) is 2.48. The highest BCUT2D eigenvalue weighted by atomic mass is 32.1. The highest BCUT2D eigenvalue weighted by Gasteiger charge is 2.17. The molecule has 84 valence electrons. The first kappa shape index (κ1) is 12.1. The Kier molecular flexibility index (Phi) is 4.67. The van der Waals surface area contributed by atoms with E-state index in [0.29, 0.717) is 18.2 Å². The van der Waals surface area contributed by atoms with E-state index in [2.05, 4.69) is 4.98 Å². The molecular weight excluding hydrogens is 216 g/mol. The first-order valence-electron chi connectivity index (χ1n) is 4.67. The Morgan fingerprint density at radius 3 is 2.53 bits per heavy atom. The van der Waals surface area contributed by atoms with Gasteiger partial charge in [-0.05, 0) is 13.8 Å². The number of amides is 1. The van der Waals surface area contributed by atoms with Crippen molar-refractivity contribution in [3.63, 3.8) is 0 Å². The first-order chi connectivity index (χ1) is 7.19. The molecule has 1 aromatic heterocycles. The highest BCUT2D eigenvalue weighted by molar-refractivity contribution is 7.09. The van der Waals surface area contributed by atoms with Gasteiger partial charge in [-0.2, -0.15) is 0 Å². The van der Waals surface area contributed by atoms with Crippen LogP contribution in [0.25, 0.3) is 0 Å². The molecular formula is C9H14N2O3S. The molecule has 15 heavy (non-hydrogen) atoms. The van der Waals surface area contributed by atoms with Crippen LogP contribution in [0.4, 0.5) is 0 Å². The SMILES string of the molecule is CCOC(OCC)c1nc(C(N)=O)cs1. The number of carbonyl (C=O) groups is 1. The summed E-state index contributed by atoms with van der Waals surface area (Å²) < 4.78 is 10.7. The second-order valence-electron chi connectivity index (χ2n) is 2.68. The molecule has 0 saturated carbocycles. The van der Waals surface area contributed by atoms with Crippen LogP contribution in [0.2, 0.25) is 0 Å². The summed E-state index contributed by atoms with van der Waals surface area (Å²) in [7, 11) is 0. The predicted octanol–water partition coefficient (Wildman–Crippen LogP) is 1.31. The fraction of sp³-hybridized carbons (Fsp3) is 0.556. The normalized spacial score (nSPS) is 10.9. The Bertz CT molecular complexity index is 321. The number of aromatic nitrogens is 1. The Morgan fingerprint density at radius 2 is 2.13 bits per heavy atom. The topological polar surface area (TPSA) is 74.4 Å². The molecule has 5 nitrogen and oxygen atoms in total. The average molecular weight is 230 g/mol. The van der Waals surface area contributed by atoms with E-state index in [1.165, 1.54) is 11.3 Å². The van der Waals surface area contributed by atoms with E-state index in [1.54, 1.807) is 5.38 Å². The van der Waals surface area contributed by atoms with Gasteiger partial charge in [0.25, 0.3) is 5.91 Å². The second kappa shape index (κ2) is 5.79. The summed E-state index contributed by atoms with van der Waals surface area (Å²) in [5.41, 5.74) is 5.35. The molecule has 0 bridgehead atoms.